The summed E-state index contributed by atoms with van der Waals surface area (Å²) in [6.07, 6.45) is 0. The van der Waals surface area contributed by atoms with E-state index in [0.29, 0.717) is 0 Å². The minimum atomic E-state index is 0.875. The van der Waals surface area contributed by atoms with E-state index in [1.54, 1.807) is 0 Å². The molecular weight excluding hydrogens is 574 g/mol. The first-order valence-electron chi connectivity index (χ1n) is 15.9. The van der Waals surface area contributed by atoms with Crippen LogP contribution in [0.4, 0.5) is 17.1 Å². The van der Waals surface area contributed by atoms with Crippen LogP contribution in [-0.2, 0) is 0 Å². The molecule has 0 fully saturated rings. The lowest BCUT2D eigenvalue weighted by Gasteiger charge is -2.26. The Labute approximate surface area is 270 Å². The Morgan fingerprint density at radius 3 is 1.70 bits per heavy atom. The summed E-state index contributed by atoms with van der Waals surface area (Å²) in [5, 5.41) is 9.33. The van der Waals surface area contributed by atoms with Gasteiger partial charge in [-0.2, -0.15) is 0 Å². The fourth-order valence-electron chi connectivity index (χ4n) is 7.22. The molecule has 0 amide bonds. The van der Waals surface area contributed by atoms with E-state index in [-0.39, 0.29) is 0 Å². The Hall–Kier alpha value is -6.32. The molecule has 47 heavy (non-hydrogen) atoms. The molecule has 0 aliphatic carbocycles. The lowest BCUT2D eigenvalue weighted by Crippen LogP contribution is -2.09. The number of fused-ring (bicyclic) bond motifs is 10. The summed E-state index contributed by atoms with van der Waals surface area (Å²) in [5.41, 5.74) is 9.09. The molecule has 10 aromatic rings. The molecule has 0 radical (unpaired) electrons. The summed E-state index contributed by atoms with van der Waals surface area (Å²) in [6, 6.07) is 57.9. The van der Waals surface area contributed by atoms with Crippen LogP contribution >= 0.6 is 0 Å². The quantitative estimate of drug-likeness (QED) is 0.188. The Balaban J connectivity index is 1.22. The molecule has 0 aliphatic rings. The molecule has 0 bridgehead atoms. The van der Waals surface area contributed by atoms with Crippen molar-refractivity contribution >= 4 is 82.5 Å². The summed E-state index contributed by atoms with van der Waals surface area (Å²) in [5.74, 6) is 0. The molecule has 2 aromatic heterocycles. The predicted molar refractivity (Wildman–Crippen MR) is 196 cm³/mol. The van der Waals surface area contributed by atoms with Gasteiger partial charge in [0.15, 0.2) is 0 Å². The molecule has 0 aliphatic heterocycles. The van der Waals surface area contributed by atoms with E-state index >= 15 is 0 Å². The maximum absolute atomic E-state index is 6.48. The van der Waals surface area contributed by atoms with Crippen molar-refractivity contribution in [2.45, 2.75) is 0 Å². The first kappa shape index (κ1) is 26.0. The smallest absolute Gasteiger partial charge is 0.136 e. The predicted octanol–water partition coefficient (Wildman–Crippen LogP) is 12.9. The molecule has 0 atom stereocenters. The van der Waals surface area contributed by atoms with E-state index in [0.717, 1.165) is 60.9 Å². The summed E-state index contributed by atoms with van der Waals surface area (Å²) >= 11 is 0. The molecule has 8 aromatic carbocycles. The number of benzene rings is 8. The fraction of sp³-hybridized carbons (Fsp3) is 0. The van der Waals surface area contributed by atoms with Gasteiger partial charge in [-0.3, -0.25) is 0 Å². The van der Waals surface area contributed by atoms with E-state index < -0.39 is 0 Å². The number of hydrogen-bond acceptors (Lipinski definition) is 3. The van der Waals surface area contributed by atoms with Crippen LogP contribution in [0.1, 0.15) is 0 Å². The lowest BCUT2D eigenvalue weighted by atomic mass is 9.97. The van der Waals surface area contributed by atoms with Crippen LogP contribution in [0.3, 0.4) is 0 Å². The third kappa shape index (κ3) is 4.07. The number of nitrogens with zero attached hydrogens (tertiary/aromatic N) is 1. The van der Waals surface area contributed by atoms with Crippen LogP contribution in [0.2, 0.25) is 0 Å². The third-order valence-corrected chi connectivity index (χ3v) is 9.43. The molecule has 3 heteroatoms. The van der Waals surface area contributed by atoms with E-state index in [9.17, 15) is 0 Å². The van der Waals surface area contributed by atoms with Gasteiger partial charge in [0.2, 0.25) is 0 Å². The zero-order chi connectivity index (χ0) is 30.9. The van der Waals surface area contributed by atoms with E-state index in [2.05, 4.69) is 157 Å². The van der Waals surface area contributed by atoms with Crippen LogP contribution in [-0.4, -0.2) is 0 Å². The van der Waals surface area contributed by atoms with Crippen molar-refractivity contribution in [1.82, 2.24) is 0 Å². The SMILES string of the molecule is c1ccc(-c2ccc(N(c3ccc4oc5ccccc5c4c3)c3ccc4oc5ccc6ccc7ccccc7c6c5c4c3)cc2)cc1. The minimum Gasteiger partial charge on any atom is -0.456 e. The molecule has 220 valence electrons. The molecule has 0 saturated carbocycles. The summed E-state index contributed by atoms with van der Waals surface area (Å²) in [7, 11) is 0. The van der Waals surface area contributed by atoms with E-state index in [1.807, 2.05) is 12.1 Å². The van der Waals surface area contributed by atoms with Gasteiger partial charge in [-0.1, -0.05) is 103 Å². The number of para-hydroxylation sites is 1. The van der Waals surface area contributed by atoms with Gasteiger partial charge < -0.3 is 13.7 Å². The molecule has 2 heterocycles. The molecule has 3 nitrogen and oxygen atoms in total. The molecule has 0 spiro atoms. The van der Waals surface area contributed by atoms with E-state index in [1.165, 1.54) is 32.7 Å². The summed E-state index contributed by atoms with van der Waals surface area (Å²) in [6.45, 7) is 0. The number of anilines is 3. The lowest BCUT2D eigenvalue weighted by molar-refractivity contribution is 0.669. The number of rotatable bonds is 4. The maximum Gasteiger partial charge on any atom is 0.136 e. The molecular formula is C44H27NO2. The second-order valence-electron chi connectivity index (χ2n) is 12.1. The topological polar surface area (TPSA) is 29.5 Å². The van der Waals surface area contributed by atoms with Gasteiger partial charge in [0, 0.05) is 44.0 Å². The Bertz CT molecular complexity index is 2790. The van der Waals surface area contributed by atoms with Crippen molar-refractivity contribution < 1.29 is 8.83 Å². The average molecular weight is 602 g/mol. The Morgan fingerprint density at radius 1 is 0.319 bits per heavy atom. The highest BCUT2D eigenvalue weighted by atomic mass is 16.3. The monoisotopic (exact) mass is 601 g/mol. The maximum atomic E-state index is 6.48. The van der Waals surface area contributed by atoms with Crippen molar-refractivity contribution in [2.75, 3.05) is 4.90 Å². The molecule has 0 N–H and O–H groups in total. The van der Waals surface area contributed by atoms with Crippen molar-refractivity contribution in [3.63, 3.8) is 0 Å². The molecule has 0 unspecified atom stereocenters. The highest BCUT2D eigenvalue weighted by molar-refractivity contribution is 6.27. The Kier molecular flexibility index (Phi) is 5.57. The first-order chi connectivity index (χ1) is 23.3. The van der Waals surface area contributed by atoms with Crippen molar-refractivity contribution in [3.8, 4) is 11.1 Å². The minimum absolute atomic E-state index is 0.875. The normalized spacial score (nSPS) is 11.8. The molecule has 10 rings (SSSR count). The van der Waals surface area contributed by atoms with Gasteiger partial charge in [0.05, 0.1) is 0 Å². The number of furan rings is 2. The van der Waals surface area contributed by atoms with Crippen molar-refractivity contribution in [3.05, 3.63) is 164 Å². The van der Waals surface area contributed by atoms with Gasteiger partial charge >= 0.3 is 0 Å². The summed E-state index contributed by atoms with van der Waals surface area (Å²) in [4.78, 5) is 2.33. The van der Waals surface area contributed by atoms with Crippen molar-refractivity contribution in [2.24, 2.45) is 0 Å². The largest absolute Gasteiger partial charge is 0.456 e. The zero-order valence-corrected chi connectivity index (χ0v) is 25.4. The zero-order valence-electron chi connectivity index (χ0n) is 25.4. The Morgan fingerprint density at radius 2 is 0.872 bits per heavy atom. The van der Waals surface area contributed by atoms with Gasteiger partial charge in [0.25, 0.3) is 0 Å². The first-order valence-corrected chi connectivity index (χ1v) is 15.9. The van der Waals surface area contributed by atoms with E-state index in [4.69, 9.17) is 8.83 Å². The van der Waals surface area contributed by atoms with Crippen molar-refractivity contribution in [1.29, 1.82) is 0 Å². The van der Waals surface area contributed by atoms with Gasteiger partial charge in [0.1, 0.15) is 22.3 Å². The fourth-order valence-corrected chi connectivity index (χ4v) is 7.22. The highest BCUT2D eigenvalue weighted by Gasteiger charge is 2.19. The second kappa shape index (κ2) is 10.1. The van der Waals surface area contributed by atoms with Gasteiger partial charge in [-0.15, -0.1) is 0 Å². The van der Waals surface area contributed by atoms with Gasteiger partial charge in [-0.25, -0.2) is 0 Å². The van der Waals surface area contributed by atoms with Crippen LogP contribution in [0.5, 0.6) is 0 Å². The van der Waals surface area contributed by atoms with Gasteiger partial charge in [-0.05, 0) is 87.9 Å². The van der Waals surface area contributed by atoms with Crippen LogP contribution in [0.15, 0.2) is 173 Å². The number of hydrogen-bond donors (Lipinski definition) is 0. The third-order valence-electron chi connectivity index (χ3n) is 9.43. The van der Waals surface area contributed by atoms with Crippen LogP contribution in [0, 0.1) is 0 Å². The summed E-state index contributed by atoms with van der Waals surface area (Å²) < 4.78 is 12.7. The second-order valence-corrected chi connectivity index (χ2v) is 12.1. The van der Waals surface area contributed by atoms with Crippen LogP contribution < -0.4 is 4.90 Å². The highest BCUT2D eigenvalue weighted by Crippen LogP contribution is 2.43. The standard InChI is InChI=1S/C44H27NO2/c1-2-8-28(9-3-1)29-16-19-32(20-17-29)45(33-21-24-40-37(26-33)36-12-6-7-13-39(36)46-40)34-22-25-41-38(27-34)44-42(47-41)23-18-31-15-14-30-10-4-5-11-35(30)43(31)44/h1-27H. The molecule has 0 saturated heterocycles. The average Bonchev–Trinajstić information content (AvgIpc) is 3.70. The van der Waals surface area contributed by atoms with Crippen LogP contribution in [0.25, 0.3) is 76.5 Å².